The number of rotatable bonds is 4. The van der Waals surface area contributed by atoms with Gasteiger partial charge in [-0.1, -0.05) is 19.8 Å². The predicted octanol–water partition coefficient (Wildman–Crippen LogP) is 2.22. The first-order chi connectivity index (χ1) is 9.08. The summed E-state index contributed by atoms with van der Waals surface area (Å²) in [5, 5.41) is 12.2. The van der Waals surface area contributed by atoms with Crippen LogP contribution in [-0.4, -0.2) is 41.1 Å². The van der Waals surface area contributed by atoms with Crippen molar-refractivity contribution in [2.45, 2.75) is 57.9 Å². The molecule has 0 aromatic carbocycles. The van der Waals surface area contributed by atoms with Crippen LogP contribution in [0.4, 0.5) is 4.79 Å². The number of nitrogens with one attached hydrogen (secondary N) is 1. The number of carboxylic acids is 1. The highest BCUT2D eigenvalue weighted by Crippen LogP contribution is 2.47. The summed E-state index contributed by atoms with van der Waals surface area (Å²) in [4.78, 5) is 25.0. The van der Waals surface area contributed by atoms with E-state index in [4.69, 9.17) is 0 Å². The van der Waals surface area contributed by atoms with Gasteiger partial charge in [0.1, 0.15) is 6.04 Å². The van der Waals surface area contributed by atoms with E-state index in [0.29, 0.717) is 24.9 Å². The molecule has 1 saturated carbocycles. The van der Waals surface area contributed by atoms with Crippen LogP contribution in [0.15, 0.2) is 0 Å². The smallest absolute Gasteiger partial charge is 0.326 e. The van der Waals surface area contributed by atoms with Crippen molar-refractivity contribution in [3.8, 4) is 0 Å². The van der Waals surface area contributed by atoms with Gasteiger partial charge in [-0.05, 0) is 37.5 Å². The molecule has 1 heterocycles. The molecule has 0 bridgehead atoms. The maximum absolute atomic E-state index is 12.2. The van der Waals surface area contributed by atoms with Crippen LogP contribution in [0, 0.1) is 5.41 Å². The fraction of sp³-hybridized carbons (Fsp3) is 0.857. The van der Waals surface area contributed by atoms with Crippen LogP contribution in [0.25, 0.3) is 0 Å². The Morgan fingerprint density at radius 2 is 2.05 bits per heavy atom. The Kier molecular flexibility index (Phi) is 4.32. The Bertz CT molecular complexity index is 353. The molecule has 1 aliphatic carbocycles. The van der Waals surface area contributed by atoms with Gasteiger partial charge < -0.3 is 15.3 Å². The van der Waals surface area contributed by atoms with E-state index < -0.39 is 12.0 Å². The molecule has 5 heteroatoms. The standard InChI is InChI=1S/C14H24N2O3/c1-2-14(7-8-14)10-15-13(19)16-9-5-3-4-6-11(16)12(17)18/h11H,2-10H2,1H3,(H,15,19)(H,17,18). The highest BCUT2D eigenvalue weighted by atomic mass is 16.4. The third-order valence-corrected chi connectivity index (χ3v) is 4.62. The molecule has 0 aromatic rings. The first kappa shape index (κ1) is 14.2. The van der Waals surface area contributed by atoms with Gasteiger partial charge in [0.15, 0.2) is 0 Å². The first-order valence-electron chi connectivity index (χ1n) is 7.35. The number of hydrogen-bond donors (Lipinski definition) is 2. The Morgan fingerprint density at radius 1 is 1.32 bits per heavy atom. The van der Waals surface area contributed by atoms with Crippen molar-refractivity contribution in [2.24, 2.45) is 5.41 Å². The van der Waals surface area contributed by atoms with E-state index >= 15 is 0 Å². The summed E-state index contributed by atoms with van der Waals surface area (Å²) in [6.07, 6.45) is 6.79. The number of urea groups is 1. The van der Waals surface area contributed by atoms with Crippen molar-refractivity contribution < 1.29 is 14.7 Å². The second-order valence-electron chi connectivity index (χ2n) is 5.91. The molecule has 1 aliphatic heterocycles. The third-order valence-electron chi connectivity index (χ3n) is 4.62. The van der Waals surface area contributed by atoms with Crippen molar-refractivity contribution in [2.75, 3.05) is 13.1 Å². The molecular formula is C14H24N2O3. The zero-order chi connectivity index (χ0) is 13.9. The van der Waals surface area contributed by atoms with Gasteiger partial charge in [0, 0.05) is 13.1 Å². The minimum Gasteiger partial charge on any atom is -0.480 e. The molecule has 5 nitrogen and oxygen atoms in total. The quantitative estimate of drug-likeness (QED) is 0.821. The molecule has 1 unspecified atom stereocenters. The summed E-state index contributed by atoms with van der Waals surface area (Å²) in [5.74, 6) is -0.881. The monoisotopic (exact) mass is 268 g/mol. The summed E-state index contributed by atoms with van der Waals surface area (Å²) in [7, 11) is 0. The van der Waals surface area contributed by atoms with E-state index in [0.717, 1.165) is 25.7 Å². The molecule has 1 saturated heterocycles. The van der Waals surface area contributed by atoms with Crippen molar-refractivity contribution in [3.63, 3.8) is 0 Å². The van der Waals surface area contributed by atoms with Crippen molar-refractivity contribution in [1.82, 2.24) is 10.2 Å². The minimum atomic E-state index is -0.881. The highest BCUT2D eigenvalue weighted by molar-refractivity contribution is 5.82. The largest absolute Gasteiger partial charge is 0.480 e. The molecule has 1 atom stereocenters. The number of nitrogens with zero attached hydrogens (tertiary/aromatic N) is 1. The topological polar surface area (TPSA) is 69.6 Å². The molecule has 0 aromatic heterocycles. The molecule has 2 N–H and O–H groups in total. The second kappa shape index (κ2) is 5.80. The van der Waals surface area contributed by atoms with Crippen LogP contribution < -0.4 is 5.32 Å². The Labute approximate surface area is 114 Å². The molecule has 2 amide bonds. The van der Waals surface area contributed by atoms with E-state index in [1.54, 1.807) is 0 Å². The summed E-state index contributed by atoms with van der Waals surface area (Å²) < 4.78 is 0. The SMILES string of the molecule is CCC1(CNC(=O)N2CCCCCC2C(=O)O)CC1. The van der Waals surface area contributed by atoms with E-state index in [2.05, 4.69) is 12.2 Å². The number of amides is 2. The van der Waals surface area contributed by atoms with Gasteiger partial charge in [-0.2, -0.15) is 0 Å². The van der Waals surface area contributed by atoms with Crippen LogP contribution in [0.1, 0.15) is 51.9 Å². The van der Waals surface area contributed by atoms with Crippen LogP contribution in [0.3, 0.4) is 0 Å². The average Bonchev–Trinajstić information content (AvgIpc) is 3.19. The van der Waals surface area contributed by atoms with Gasteiger partial charge in [0.25, 0.3) is 0 Å². The van der Waals surface area contributed by atoms with E-state index in [9.17, 15) is 14.7 Å². The molecule has 2 aliphatic rings. The molecular weight excluding hydrogens is 244 g/mol. The van der Waals surface area contributed by atoms with Gasteiger partial charge in [-0.25, -0.2) is 9.59 Å². The van der Waals surface area contributed by atoms with Crippen molar-refractivity contribution >= 4 is 12.0 Å². The summed E-state index contributed by atoms with van der Waals surface area (Å²) >= 11 is 0. The van der Waals surface area contributed by atoms with Gasteiger partial charge in [0.2, 0.25) is 0 Å². The van der Waals surface area contributed by atoms with Gasteiger partial charge in [-0.3, -0.25) is 0 Å². The van der Waals surface area contributed by atoms with Gasteiger partial charge in [0.05, 0.1) is 0 Å². The number of hydrogen-bond acceptors (Lipinski definition) is 2. The summed E-state index contributed by atoms with van der Waals surface area (Å²) in [6, 6.07) is -0.853. The fourth-order valence-electron chi connectivity index (χ4n) is 2.80. The molecule has 0 radical (unpaired) electrons. The van der Waals surface area contributed by atoms with Crippen molar-refractivity contribution in [1.29, 1.82) is 0 Å². The molecule has 2 fully saturated rings. The molecule has 108 valence electrons. The zero-order valence-corrected chi connectivity index (χ0v) is 11.7. The Morgan fingerprint density at radius 3 is 2.63 bits per heavy atom. The Balaban J connectivity index is 1.92. The van der Waals surface area contributed by atoms with E-state index in [1.807, 2.05) is 0 Å². The number of carboxylic acid groups (broad SMARTS) is 1. The number of likely N-dealkylation sites (tertiary alicyclic amines) is 1. The number of aliphatic carboxylic acids is 1. The molecule has 19 heavy (non-hydrogen) atoms. The first-order valence-corrected chi connectivity index (χ1v) is 7.35. The van der Waals surface area contributed by atoms with Crippen LogP contribution >= 0.6 is 0 Å². The average molecular weight is 268 g/mol. The minimum absolute atomic E-state index is 0.200. The fourth-order valence-corrected chi connectivity index (χ4v) is 2.80. The lowest BCUT2D eigenvalue weighted by atomic mass is 10.0. The summed E-state index contributed by atoms with van der Waals surface area (Å²) in [6.45, 7) is 3.39. The van der Waals surface area contributed by atoms with Gasteiger partial charge in [-0.15, -0.1) is 0 Å². The molecule has 2 rings (SSSR count). The maximum atomic E-state index is 12.2. The van der Waals surface area contributed by atoms with E-state index in [-0.39, 0.29) is 6.03 Å². The lowest BCUT2D eigenvalue weighted by Gasteiger charge is -2.28. The zero-order valence-electron chi connectivity index (χ0n) is 11.7. The normalized spacial score (nSPS) is 25.5. The van der Waals surface area contributed by atoms with Crippen LogP contribution in [0.5, 0.6) is 0 Å². The number of carbonyl (C=O) groups excluding carboxylic acids is 1. The van der Waals surface area contributed by atoms with E-state index in [1.165, 1.54) is 17.7 Å². The summed E-state index contributed by atoms with van der Waals surface area (Å²) in [5.41, 5.74) is 0.292. The third kappa shape index (κ3) is 3.39. The molecule has 0 spiro atoms. The number of carbonyl (C=O) groups is 2. The van der Waals surface area contributed by atoms with Gasteiger partial charge >= 0.3 is 12.0 Å². The Hall–Kier alpha value is -1.26. The predicted molar refractivity (Wildman–Crippen MR) is 72.0 cm³/mol. The van der Waals surface area contributed by atoms with Crippen LogP contribution in [0.2, 0.25) is 0 Å². The maximum Gasteiger partial charge on any atom is 0.326 e. The van der Waals surface area contributed by atoms with Crippen LogP contribution in [-0.2, 0) is 4.79 Å². The highest BCUT2D eigenvalue weighted by Gasteiger charge is 2.41. The second-order valence-corrected chi connectivity index (χ2v) is 5.91. The lowest BCUT2D eigenvalue weighted by molar-refractivity contribution is -0.142. The van der Waals surface area contributed by atoms with Crippen molar-refractivity contribution in [3.05, 3.63) is 0 Å². The lowest BCUT2D eigenvalue weighted by Crippen LogP contribution is -2.50.